The number of allylic oxidation sites excluding steroid dienone is 14. The standard InChI is InChI=1S/C51H87NO8/c1-3-5-7-9-11-13-15-17-18-19-20-21-22-23-24-25-26-27-28-29-31-33-35-37-39-41-47(55)52-44(43-59-51-50(58)49(57)48(56)46(42-53)60-51)45(54)40-38-36-34-32-30-16-14-12-10-8-6-4-2/h5,7,11,13,17-18,20-21,23-24,26-27,29,31,44-46,48-51,53-54,56-58H,3-4,6,8-10,12,14-16,19,22,25,28,30,32-43H2,1-2H3,(H,52,55)/b7-5-,13-11-,18-17-,21-20-,24-23-,27-26-,31-29-. The van der Waals surface area contributed by atoms with Gasteiger partial charge in [-0.3, -0.25) is 4.79 Å². The van der Waals surface area contributed by atoms with Gasteiger partial charge in [0, 0.05) is 6.42 Å². The first kappa shape index (κ1) is 55.4. The van der Waals surface area contributed by atoms with Gasteiger partial charge in [0.1, 0.15) is 24.4 Å². The molecule has 0 saturated carbocycles. The second kappa shape index (κ2) is 40.4. The van der Waals surface area contributed by atoms with Crippen molar-refractivity contribution in [1.29, 1.82) is 0 Å². The quantitative estimate of drug-likeness (QED) is 0.0266. The van der Waals surface area contributed by atoms with Crippen LogP contribution < -0.4 is 5.32 Å². The number of rotatable bonds is 38. The maximum Gasteiger partial charge on any atom is 0.220 e. The van der Waals surface area contributed by atoms with Gasteiger partial charge < -0.3 is 40.3 Å². The predicted octanol–water partition coefficient (Wildman–Crippen LogP) is 10.3. The minimum atomic E-state index is -1.56. The minimum absolute atomic E-state index is 0.157. The van der Waals surface area contributed by atoms with Crippen molar-refractivity contribution in [2.45, 2.75) is 217 Å². The molecule has 0 spiro atoms. The average molecular weight is 842 g/mol. The number of aliphatic hydroxyl groups excluding tert-OH is 5. The molecule has 344 valence electrons. The van der Waals surface area contributed by atoms with Crippen LogP contribution in [0.2, 0.25) is 0 Å². The van der Waals surface area contributed by atoms with E-state index in [0.717, 1.165) is 89.9 Å². The molecule has 7 atom stereocenters. The number of nitrogens with one attached hydrogen (secondary N) is 1. The van der Waals surface area contributed by atoms with Gasteiger partial charge in [-0.2, -0.15) is 0 Å². The summed E-state index contributed by atoms with van der Waals surface area (Å²) in [6, 6.07) is -0.741. The molecule has 60 heavy (non-hydrogen) atoms. The molecule has 1 saturated heterocycles. The Balaban J connectivity index is 2.33. The first-order valence-electron chi connectivity index (χ1n) is 23.8. The number of hydrogen-bond acceptors (Lipinski definition) is 8. The summed E-state index contributed by atoms with van der Waals surface area (Å²) in [5.41, 5.74) is 0. The van der Waals surface area contributed by atoms with Crippen molar-refractivity contribution in [3.63, 3.8) is 0 Å². The summed E-state index contributed by atoms with van der Waals surface area (Å²) in [5.74, 6) is -0.181. The molecule has 0 radical (unpaired) electrons. The molecule has 0 bridgehead atoms. The van der Waals surface area contributed by atoms with Gasteiger partial charge >= 0.3 is 0 Å². The summed E-state index contributed by atoms with van der Waals surface area (Å²) in [4.78, 5) is 13.0. The third kappa shape index (κ3) is 30.4. The summed E-state index contributed by atoms with van der Waals surface area (Å²) in [6.45, 7) is 3.67. The maximum absolute atomic E-state index is 13.0. The van der Waals surface area contributed by atoms with Crippen LogP contribution >= 0.6 is 0 Å². The van der Waals surface area contributed by atoms with Gasteiger partial charge in [-0.25, -0.2) is 0 Å². The van der Waals surface area contributed by atoms with Crippen LogP contribution in [0.5, 0.6) is 0 Å². The van der Waals surface area contributed by atoms with Crippen LogP contribution in [0.1, 0.15) is 174 Å². The predicted molar refractivity (Wildman–Crippen MR) is 248 cm³/mol. The van der Waals surface area contributed by atoms with Crippen molar-refractivity contribution in [2.24, 2.45) is 0 Å². The van der Waals surface area contributed by atoms with Crippen molar-refractivity contribution >= 4 is 5.91 Å². The summed E-state index contributed by atoms with van der Waals surface area (Å²) in [6.07, 6.45) is 48.7. The van der Waals surface area contributed by atoms with E-state index < -0.39 is 49.5 Å². The zero-order valence-corrected chi connectivity index (χ0v) is 37.7. The fourth-order valence-corrected chi connectivity index (χ4v) is 6.96. The number of hydrogen-bond donors (Lipinski definition) is 6. The van der Waals surface area contributed by atoms with Crippen LogP contribution in [0.4, 0.5) is 0 Å². The molecule has 1 fully saturated rings. The number of amides is 1. The third-order valence-electron chi connectivity index (χ3n) is 10.8. The first-order chi connectivity index (χ1) is 29.3. The van der Waals surface area contributed by atoms with E-state index in [9.17, 15) is 30.3 Å². The Kier molecular flexibility index (Phi) is 37.3. The van der Waals surface area contributed by atoms with Crippen molar-refractivity contribution in [2.75, 3.05) is 13.2 Å². The normalized spacial score (nSPS) is 21.4. The average Bonchev–Trinajstić information content (AvgIpc) is 3.25. The van der Waals surface area contributed by atoms with Crippen molar-refractivity contribution in [3.05, 3.63) is 85.1 Å². The molecule has 0 aliphatic carbocycles. The van der Waals surface area contributed by atoms with E-state index in [1.54, 1.807) is 0 Å². The van der Waals surface area contributed by atoms with E-state index in [1.165, 1.54) is 57.8 Å². The van der Waals surface area contributed by atoms with Gasteiger partial charge in [-0.15, -0.1) is 0 Å². The summed E-state index contributed by atoms with van der Waals surface area (Å²) in [5, 5.41) is 54.3. The Hall–Kier alpha value is -2.63. The van der Waals surface area contributed by atoms with Crippen molar-refractivity contribution in [3.8, 4) is 0 Å². The zero-order chi connectivity index (χ0) is 43.7. The lowest BCUT2D eigenvalue weighted by atomic mass is 9.99. The lowest BCUT2D eigenvalue weighted by Gasteiger charge is -2.40. The molecule has 0 aromatic carbocycles. The molecule has 0 aromatic heterocycles. The summed E-state index contributed by atoms with van der Waals surface area (Å²) >= 11 is 0. The van der Waals surface area contributed by atoms with Gasteiger partial charge in [0.25, 0.3) is 0 Å². The first-order valence-corrected chi connectivity index (χ1v) is 23.8. The molecule has 1 amide bonds. The van der Waals surface area contributed by atoms with Crippen LogP contribution in [0.3, 0.4) is 0 Å². The van der Waals surface area contributed by atoms with Crippen LogP contribution in [-0.2, 0) is 14.3 Å². The lowest BCUT2D eigenvalue weighted by Crippen LogP contribution is -2.60. The molecular weight excluding hydrogens is 755 g/mol. The molecule has 9 nitrogen and oxygen atoms in total. The number of ether oxygens (including phenoxy) is 2. The lowest BCUT2D eigenvalue weighted by molar-refractivity contribution is -0.302. The number of carbonyl (C=O) groups excluding carboxylic acids is 1. The molecule has 0 aromatic rings. The maximum atomic E-state index is 13.0. The SMILES string of the molecule is CC/C=C\C/C=C\C/C=C\C/C=C\C/C=C\C/C=C\C/C=C\CCCCCC(=O)NC(COC1OC(CO)C(O)C(O)C1O)C(O)CCCCCCCCCCCCCC. The molecule has 1 heterocycles. The molecule has 9 heteroatoms. The Morgan fingerprint density at radius 3 is 1.52 bits per heavy atom. The monoisotopic (exact) mass is 842 g/mol. The highest BCUT2D eigenvalue weighted by atomic mass is 16.7. The van der Waals surface area contributed by atoms with Crippen LogP contribution in [-0.4, -0.2) is 87.5 Å². The molecule has 1 aliphatic heterocycles. The zero-order valence-electron chi connectivity index (χ0n) is 37.7. The van der Waals surface area contributed by atoms with Crippen LogP contribution in [0.25, 0.3) is 0 Å². The topological polar surface area (TPSA) is 149 Å². The van der Waals surface area contributed by atoms with Gasteiger partial charge in [0.05, 0.1) is 25.4 Å². The van der Waals surface area contributed by atoms with E-state index in [-0.39, 0.29) is 12.5 Å². The Morgan fingerprint density at radius 2 is 1.03 bits per heavy atom. The van der Waals surface area contributed by atoms with Gasteiger partial charge in [-0.1, -0.05) is 182 Å². The van der Waals surface area contributed by atoms with E-state index in [1.807, 2.05) is 0 Å². The number of unbranched alkanes of at least 4 members (excludes halogenated alkanes) is 14. The van der Waals surface area contributed by atoms with Crippen molar-refractivity contribution < 1.29 is 39.8 Å². The highest BCUT2D eigenvalue weighted by Crippen LogP contribution is 2.23. The largest absolute Gasteiger partial charge is 0.394 e. The Morgan fingerprint density at radius 1 is 0.583 bits per heavy atom. The molecule has 6 N–H and O–H groups in total. The highest BCUT2D eigenvalue weighted by molar-refractivity contribution is 5.76. The van der Waals surface area contributed by atoms with Crippen molar-refractivity contribution in [1.82, 2.24) is 5.32 Å². The fourth-order valence-electron chi connectivity index (χ4n) is 6.96. The van der Waals surface area contributed by atoms with E-state index in [0.29, 0.717) is 12.8 Å². The van der Waals surface area contributed by atoms with Gasteiger partial charge in [-0.05, 0) is 70.6 Å². The molecule has 1 aliphatic rings. The van der Waals surface area contributed by atoms with E-state index in [2.05, 4.69) is 104 Å². The Labute approximate surface area is 365 Å². The highest BCUT2D eigenvalue weighted by Gasteiger charge is 2.44. The molecular formula is C51H87NO8. The molecule has 7 unspecified atom stereocenters. The second-order valence-electron chi connectivity index (χ2n) is 16.2. The molecule has 1 rings (SSSR count). The summed E-state index contributed by atoms with van der Waals surface area (Å²) < 4.78 is 11.2. The summed E-state index contributed by atoms with van der Waals surface area (Å²) in [7, 11) is 0. The minimum Gasteiger partial charge on any atom is -0.394 e. The smallest absolute Gasteiger partial charge is 0.220 e. The van der Waals surface area contributed by atoms with Crippen LogP contribution in [0, 0.1) is 0 Å². The van der Waals surface area contributed by atoms with Gasteiger partial charge in [0.15, 0.2) is 6.29 Å². The fraction of sp³-hybridized carbons (Fsp3) is 0.706. The van der Waals surface area contributed by atoms with Crippen LogP contribution in [0.15, 0.2) is 85.1 Å². The third-order valence-corrected chi connectivity index (χ3v) is 10.8. The second-order valence-corrected chi connectivity index (χ2v) is 16.2. The Bertz CT molecular complexity index is 1210. The van der Waals surface area contributed by atoms with Gasteiger partial charge in [0.2, 0.25) is 5.91 Å². The number of carbonyl (C=O) groups is 1. The number of aliphatic hydroxyl groups is 5. The van der Waals surface area contributed by atoms with E-state index in [4.69, 9.17) is 9.47 Å². The van der Waals surface area contributed by atoms with E-state index >= 15 is 0 Å².